The summed E-state index contributed by atoms with van der Waals surface area (Å²) in [4.78, 5) is 0. The Balaban J connectivity index is 2.29. The van der Waals surface area contributed by atoms with Crippen molar-refractivity contribution >= 4 is 0 Å². The van der Waals surface area contributed by atoms with Crippen molar-refractivity contribution in [3.05, 3.63) is 34.9 Å². The molecule has 0 saturated heterocycles. The fourth-order valence-electron chi connectivity index (χ4n) is 2.68. The van der Waals surface area contributed by atoms with Crippen LogP contribution in [0.3, 0.4) is 0 Å². The average Bonchev–Trinajstić information content (AvgIpc) is 2.22. The van der Waals surface area contributed by atoms with Crippen LogP contribution in [0.25, 0.3) is 0 Å². The quantitative estimate of drug-likeness (QED) is 0.773. The molecule has 0 bridgehead atoms. The van der Waals surface area contributed by atoms with Crippen molar-refractivity contribution in [2.75, 3.05) is 0 Å². The normalized spacial score (nSPS) is 30.4. The second kappa shape index (κ2) is 4.17. The highest BCUT2D eigenvalue weighted by Crippen LogP contribution is 2.41. The van der Waals surface area contributed by atoms with Gasteiger partial charge in [-0.15, -0.1) is 0 Å². The van der Waals surface area contributed by atoms with Gasteiger partial charge in [0.25, 0.3) is 0 Å². The zero-order chi connectivity index (χ0) is 11.8. The molecule has 0 heterocycles. The number of alkyl halides is 1. The zero-order valence-electron chi connectivity index (χ0n) is 10.1. The van der Waals surface area contributed by atoms with E-state index in [1.807, 2.05) is 26.0 Å². The van der Waals surface area contributed by atoms with Gasteiger partial charge < -0.3 is 5.73 Å². The lowest BCUT2D eigenvalue weighted by Gasteiger charge is -2.34. The van der Waals surface area contributed by atoms with Crippen molar-refractivity contribution in [1.29, 1.82) is 0 Å². The van der Waals surface area contributed by atoms with E-state index in [9.17, 15) is 4.39 Å². The maximum atomic E-state index is 14.8. The van der Waals surface area contributed by atoms with Gasteiger partial charge in [-0.2, -0.15) is 0 Å². The van der Waals surface area contributed by atoms with Crippen LogP contribution in [0.1, 0.15) is 42.4 Å². The lowest BCUT2D eigenvalue weighted by molar-refractivity contribution is 0.0972. The van der Waals surface area contributed by atoms with Crippen LogP contribution in [0.5, 0.6) is 0 Å². The summed E-state index contributed by atoms with van der Waals surface area (Å²) in [6.07, 6.45) is 2.73. The molecule has 88 valence electrons. The second-order valence-corrected chi connectivity index (χ2v) is 5.12. The predicted octanol–water partition coefficient (Wildman–Crippen LogP) is 3.37. The SMILES string of the molecule is Cc1ccc(C2(F)CCC(N)CC2)c(C)c1. The minimum absolute atomic E-state index is 0.189. The van der Waals surface area contributed by atoms with Crippen LogP contribution in [0.15, 0.2) is 18.2 Å². The van der Waals surface area contributed by atoms with Gasteiger partial charge in [0.15, 0.2) is 0 Å². The Hall–Kier alpha value is -0.890. The molecule has 1 aliphatic rings. The Morgan fingerprint density at radius 3 is 2.44 bits per heavy atom. The number of hydrogen-bond acceptors (Lipinski definition) is 1. The van der Waals surface area contributed by atoms with Crippen LogP contribution in [0.2, 0.25) is 0 Å². The molecule has 0 spiro atoms. The monoisotopic (exact) mass is 221 g/mol. The molecule has 1 aromatic rings. The maximum Gasteiger partial charge on any atom is 0.136 e. The summed E-state index contributed by atoms with van der Waals surface area (Å²) < 4.78 is 14.8. The molecule has 16 heavy (non-hydrogen) atoms. The van der Waals surface area contributed by atoms with E-state index in [0.29, 0.717) is 12.8 Å². The third-order valence-corrected chi connectivity index (χ3v) is 3.69. The molecular formula is C14H20FN. The molecule has 0 unspecified atom stereocenters. The van der Waals surface area contributed by atoms with Crippen LogP contribution in [-0.2, 0) is 5.67 Å². The molecule has 1 aliphatic carbocycles. The van der Waals surface area contributed by atoms with Crippen LogP contribution in [0.4, 0.5) is 4.39 Å². The third-order valence-electron chi connectivity index (χ3n) is 3.69. The Labute approximate surface area is 96.9 Å². The summed E-state index contributed by atoms with van der Waals surface area (Å²) >= 11 is 0. The molecule has 1 saturated carbocycles. The largest absolute Gasteiger partial charge is 0.328 e. The van der Waals surface area contributed by atoms with Crippen LogP contribution in [0, 0.1) is 13.8 Å². The van der Waals surface area contributed by atoms with Crippen molar-refractivity contribution in [2.45, 2.75) is 51.2 Å². The Morgan fingerprint density at radius 2 is 1.88 bits per heavy atom. The molecule has 0 amide bonds. The standard InChI is InChI=1S/C14H20FN/c1-10-3-4-13(11(2)9-10)14(15)7-5-12(16)6-8-14/h3-4,9,12H,5-8,16H2,1-2H3. The van der Waals surface area contributed by atoms with E-state index in [4.69, 9.17) is 5.73 Å². The number of aryl methyl sites for hydroxylation is 2. The number of benzene rings is 1. The van der Waals surface area contributed by atoms with E-state index >= 15 is 0 Å². The van der Waals surface area contributed by atoms with E-state index < -0.39 is 5.67 Å². The first-order valence-corrected chi connectivity index (χ1v) is 6.03. The van der Waals surface area contributed by atoms with Gasteiger partial charge in [0, 0.05) is 6.04 Å². The molecule has 0 atom stereocenters. The fourth-order valence-corrected chi connectivity index (χ4v) is 2.68. The molecular weight excluding hydrogens is 201 g/mol. The first kappa shape index (κ1) is 11.6. The van der Waals surface area contributed by atoms with Gasteiger partial charge in [0.2, 0.25) is 0 Å². The summed E-state index contributed by atoms with van der Waals surface area (Å²) in [5.41, 5.74) is 7.81. The molecule has 1 fully saturated rings. The van der Waals surface area contributed by atoms with Crippen molar-refractivity contribution in [3.63, 3.8) is 0 Å². The van der Waals surface area contributed by atoms with Crippen LogP contribution in [-0.4, -0.2) is 6.04 Å². The van der Waals surface area contributed by atoms with Gasteiger partial charge >= 0.3 is 0 Å². The van der Waals surface area contributed by atoms with E-state index in [1.54, 1.807) is 0 Å². The van der Waals surface area contributed by atoms with Crippen molar-refractivity contribution in [2.24, 2.45) is 5.73 Å². The lowest BCUT2D eigenvalue weighted by Crippen LogP contribution is -2.34. The van der Waals surface area contributed by atoms with E-state index in [-0.39, 0.29) is 6.04 Å². The van der Waals surface area contributed by atoms with Gasteiger partial charge in [-0.25, -0.2) is 4.39 Å². The Morgan fingerprint density at radius 1 is 1.25 bits per heavy atom. The number of nitrogens with two attached hydrogens (primary N) is 1. The molecule has 0 aromatic heterocycles. The molecule has 0 radical (unpaired) electrons. The molecule has 0 aliphatic heterocycles. The third kappa shape index (κ3) is 2.12. The van der Waals surface area contributed by atoms with Gasteiger partial charge in [-0.3, -0.25) is 0 Å². The first-order valence-electron chi connectivity index (χ1n) is 6.03. The molecule has 2 rings (SSSR count). The Kier molecular flexibility index (Phi) is 3.02. The van der Waals surface area contributed by atoms with Gasteiger partial charge in [-0.05, 0) is 50.7 Å². The van der Waals surface area contributed by atoms with E-state index in [2.05, 4.69) is 6.07 Å². The molecule has 1 aromatic carbocycles. The molecule has 2 N–H and O–H groups in total. The highest BCUT2D eigenvalue weighted by Gasteiger charge is 2.36. The smallest absolute Gasteiger partial charge is 0.136 e. The minimum Gasteiger partial charge on any atom is -0.328 e. The summed E-state index contributed by atoms with van der Waals surface area (Å²) in [5.74, 6) is 0. The zero-order valence-corrected chi connectivity index (χ0v) is 10.1. The van der Waals surface area contributed by atoms with Crippen molar-refractivity contribution in [3.8, 4) is 0 Å². The average molecular weight is 221 g/mol. The fraction of sp³-hybridized carbons (Fsp3) is 0.571. The summed E-state index contributed by atoms with van der Waals surface area (Å²) in [6, 6.07) is 6.19. The topological polar surface area (TPSA) is 26.0 Å². The van der Waals surface area contributed by atoms with E-state index in [0.717, 1.165) is 24.0 Å². The maximum absolute atomic E-state index is 14.8. The van der Waals surface area contributed by atoms with Crippen molar-refractivity contribution in [1.82, 2.24) is 0 Å². The second-order valence-electron chi connectivity index (χ2n) is 5.12. The molecule has 2 heteroatoms. The van der Waals surface area contributed by atoms with Crippen LogP contribution < -0.4 is 5.73 Å². The number of halogens is 1. The van der Waals surface area contributed by atoms with Gasteiger partial charge in [0.1, 0.15) is 5.67 Å². The summed E-state index contributed by atoms with van der Waals surface area (Å²) in [6.45, 7) is 4.04. The predicted molar refractivity (Wildman–Crippen MR) is 65.1 cm³/mol. The number of hydrogen-bond donors (Lipinski definition) is 1. The highest BCUT2D eigenvalue weighted by molar-refractivity contribution is 5.35. The minimum atomic E-state index is -1.15. The van der Waals surface area contributed by atoms with Gasteiger partial charge in [-0.1, -0.05) is 23.8 Å². The Bertz CT molecular complexity index is 378. The summed E-state index contributed by atoms with van der Waals surface area (Å²) in [7, 11) is 0. The lowest BCUT2D eigenvalue weighted by atomic mass is 9.78. The number of rotatable bonds is 1. The van der Waals surface area contributed by atoms with Crippen molar-refractivity contribution < 1.29 is 4.39 Å². The van der Waals surface area contributed by atoms with Crippen LogP contribution >= 0.6 is 0 Å². The first-order chi connectivity index (χ1) is 7.51. The summed E-state index contributed by atoms with van der Waals surface area (Å²) in [5, 5.41) is 0. The van der Waals surface area contributed by atoms with E-state index in [1.165, 1.54) is 5.56 Å². The molecule has 1 nitrogen and oxygen atoms in total. The van der Waals surface area contributed by atoms with Gasteiger partial charge in [0.05, 0.1) is 0 Å². The highest BCUT2D eigenvalue weighted by atomic mass is 19.1.